The van der Waals surface area contributed by atoms with Crippen LogP contribution in [0.4, 0.5) is 0 Å². The van der Waals surface area contributed by atoms with E-state index >= 15 is 0 Å². The first-order valence-electron chi connectivity index (χ1n) is 9.98. The van der Waals surface area contributed by atoms with Gasteiger partial charge in [0.2, 0.25) is 0 Å². The zero-order chi connectivity index (χ0) is 22.5. The molecule has 0 aliphatic carbocycles. The van der Waals surface area contributed by atoms with Gasteiger partial charge in [0.05, 0.1) is 33.4 Å². The number of aromatic nitrogens is 1. The molecule has 1 aromatic heterocycles. The van der Waals surface area contributed by atoms with Crippen molar-refractivity contribution in [2.24, 2.45) is 0 Å². The third-order valence-electron chi connectivity index (χ3n) is 5.02. The maximum atomic E-state index is 12.4. The summed E-state index contributed by atoms with van der Waals surface area (Å²) in [5.41, 5.74) is 2.51. The molecule has 6 nitrogen and oxygen atoms in total. The van der Waals surface area contributed by atoms with Gasteiger partial charge in [0.25, 0.3) is 0 Å². The van der Waals surface area contributed by atoms with Crippen LogP contribution in [0.1, 0.15) is 11.3 Å². The van der Waals surface area contributed by atoms with Crippen molar-refractivity contribution in [3.8, 4) is 27.8 Å². The summed E-state index contributed by atoms with van der Waals surface area (Å²) in [4.78, 5) is 16.9. The zero-order valence-corrected chi connectivity index (χ0v) is 18.9. The molecule has 0 aliphatic heterocycles. The van der Waals surface area contributed by atoms with E-state index in [0.29, 0.717) is 17.2 Å². The van der Waals surface area contributed by atoms with Gasteiger partial charge < -0.3 is 18.9 Å². The minimum atomic E-state index is -0.316. The van der Waals surface area contributed by atoms with Crippen LogP contribution >= 0.6 is 11.3 Å². The topological polar surface area (TPSA) is 66.9 Å². The predicted octanol–water partition coefficient (Wildman–Crippen LogP) is 5.28. The maximum absolute atomic E-state index is 12.4. The van der Waals surface area contributed by atoms with Gasteiger partial charge in [-0.05, 0) is 52.7 Å². The van der Waals surface area contributed by atoms with Crippen molar-refractivity contribution in [1.29, 1.82) is 0 Å². The highest BCUT2D eigenvalue weighted by molar-refractivity contribution is 7.13. The van der Waals surface area contributed by atoms with Gasteiger partial charge in [0, 0.05) is 10.9 Å². The molecule has 7 heteroatoms. The molecule has 0 N–H and O–H groups in total. The fourth-order valence-electron chi connectivity index (χ4n) is 3.34. The minimum Gasteiger partial charge on any atom is -0.497 e. The number of fused-ring (bicyclic) bond motifs is 1. The van der Waals surface area contributed by atoms with Gasteiger partial charge in [-0.15, -0.1) is 11.3 Å². The molecule has 3 aromatic carbocycles. The number of ether oxygens (including phenoxy) is 4. The Balaban J connectivity index is 1.38. The van der Waals surface area contributed by atoms with Crippen LogP contribution in [0, 0.1) is 0 Å². The van der Waals surface area contributed by atoms with Crippen LogP contribution in [0.25, 0.3) is 21.3 Å². The van der Waals surface area contributed by atoms with E-state index in [4.69, 9.17) is 18.9 Å². The van der Waals surface area contributed by atoms with Gasteiger partial charge in [-0.25, -0.2) is 4.98 Å². The molecular weight excluding hydrogens is 426 g/mol. The van der Waals surface area contributed by atoms with Crippen LogP contribution in [0.2, 0.25) is 0 Å². The number of carbonyl (C=O) groups is 1. The normalized spacial score (nSPS) is 10.7. The number of hydrogen-bond acceptors (Lipinski definition) is 7. The molecule has 32 heavy (non-hydrogen) atoms. The lowest BCUT2D eigenvalue weighted by molar-refractivity contribution is -0.144. The minimum absolute atomic E-state index is 0.120. The van der Waals surface area contributed by atoms with Crippen LogP contribution in [-0.4, -0.2) is 32.3 Å². The van der Waals surface area contributed by atoms with Crippen molar-refractivity contribution in [2.75, 3.05) is 21.3 Å². The summed E-state index contributed by atoms with van der Waals surface area (Å²) in [5, 5.41) is 4.82. The molecule has 0 spiro atoms. The van der Waals surface area contributed by atoms with Crippen LogP contribution in [0.15, 0.2) is 60.0 Å². The highest BCUT2D eigenvalue weighted by Gasteiger charge is 2.13. The van der Waals surface area contributed by atoms with E-state index in [-0.39, 0.29) is 19.0 Å². The Kier molecular flexibility index (Phi) is 6.56. The number of thiazole rings is 1. The SMILES string of the molecule is COc1ccc2cc(COC(=O)Cc3csc(-c4ccc(OC)c(OC)c4)n3)ccc2c1. The average molecular weight is 450 g/mol. The number of rotatable bonds is 8. The third kappa shape index (κ3) is 4.84. The fourth-order valence-corrected chi connectivity index (χ4v) is 4.16. The number of hydrogen-bond donors (Lipinski definition) is 0. The van der Waals surface area contributed by atoms with E-state index < -0.39 is 0 Å². The molecule has 4 aromatic rings. The molecule has 4 rings (SSSR count). The molecule has 0 saturated heterocycles. The Hall–Kier alpha value is -3.58. The molecule has 0 saturated carbocycles. The van der Waals surface area contributed by atoms with Crippen molar-refractivity contribution in [3.63, 3.8) is 0 Å². The fraction of sp³-hybridized carbons (Fsp3) is 0.200. The second-order valence-electron chi connectivity index (χ2n) is 7.10. The number of methoxy groups -OCH3 is 3. The third-order valence-corrected chi connectivity index (χ3v) is 5.96. The van der Waals surface area contributed by atoms with Crippen LogP contribution in [0.3, 0.4) is 0 Å². The van der Waals surface area contributed by atoms with Gasteiger partial charge >= 0.3 is 5.97 Å². The largest absolute Gasteiger partial charge is 0.497 e. The van der Waals surface area contributed by atoms with Gasteiger partial charge in [-0.2, -0.15) is 0 Å². The van der Waals surface area contributed by atoms with Crippen molar-refractivity contribution in [1.82, 2.24) is 4.98 Å². The van der Waals surface area contributed by atoms with E-state index in [2.05, 4.69) is 4.98 Å². The van der Waals surface area contributed by atoms with Crippen LogP contribution < -0.4 is 14.2 Å². The standard InChI is InChI=1S/C25H23NO5S/c1-28-21-8-6-17-10-16(4-5-18(17)11-21)14-31-24(27)13-20-15-32-25(26-20)19-7-9-22(29-2)23(12-19)30-3/h4-12,15H,13-14H2,1-3H3. The maximum Gasteiger partial charge on any atom is 0.312 e. The van der Waals surface area contributed by atoms with Gasteiger partial charge in [-0.3, -0.25) is 4.79 Å². The van der Waals surface area contributed by atoms with Gasteiger partial charge in [0.1, 0.15) is 17.4 Å². The number of esters is 1. The average Bonchev–Trinajstić information content (AvgIpc) is 3.30. The van der Waals surface area contributed by atoms with Crippen molar-refractivity contribution >= 4 is 28.1 Å². The summed E-state index contributed by atoms with van der Waals surface area (Å²) in [5.74, 6) is 1.79. The van der Waals surface area contributed by atoms with Crippen LogP contribution in [0.5, 0.6) is 17.2 Å². The summed E-state index contributed by atoms with van der Waals surface area (Å²) in [6, 6.07) is 17.5. The van der Waals surface area contributed by atoms with Crippen LogP contribution in [-0.2, 0) is 22.6 Å². The molecule has 164 valence electrons. The molecule has 0 amide bonds. The summed E-state index contributed by atoms with van der Waals surface area (Å²) in [7, 11) is 4.84. The highest BCUT2D eigenvalue weighted by atomic mass is 32.1. The monoisotopic (exact) mass is 449 g/mol. The molecular formula is C25H23NO5S. The zero-order valence-electron chi connectivity index (χ0n) is 18.1. The van der Waals surface area contributed by atoms with E-state index in [0.717, 1.165) is 32.7 Å². The Morgan fingerprint density at radius 1 is 0.875 bits per heavy atom. The van der Waals surface area contributed by atoms with Crippen molar-refractivity contribution in [2.45, 2.75) is 13.0 Å². The quantitative estimate of drug-likeness (QED) is 0.341. The summed E-state index contributed by atoms with van der Waals surface area (Å²) < 4.78 is 21.4. The van der Waals surface area contributed by atoms with Crippen molar-refractivity contribution < 1.29 is 23.7 Å². The van der Waals surface area contributed by atoms with E-state index in [9.17, 15) is 4.79 Å². The molecule has 0 unspecified atom stereocenters. The lowest BCUT2D eigenvalue weighted by atomic mass is 10.1. The predicted molar refractivity (Wildman–Crippen MR) is 125 cm³/mol. The first-order chi connectivity index (χ1) is 15.6. The molecule has 0 fully saturated rings. The molecule has 0 aliphatic rings. The first kappa shape index (κ1) is 21.6. The van der Waals surface area contributed by atoms with E-state index in [1.807, 2.05) is 60.0 Å². The first-order valence-corrected chi connectivity index (χ1v) is 10.9. The second kappa shape index (κ2) is 9.70. The number of carbonyl (C=O) groups excluding carboxylic acids is 1. The number of nitrogens with zero attached hydrogens (tertiary/aromatic N) is 1. The lowest BCUT2D eigenvalue weighted by Crippen LogP contribution is -2.08. The lowest BCUT2D eigenvalue weighted by Gasteiger charge is -2.08. The molecule has 1 heterocycles. The summed E-state index contributed by atoms with van der Waals surface area (Å²) in [6.45, 7) is 0.216. The highest BCUT2D eigenvalue weighted by Crippen LogP contribution is 2.33. The van der Waals surface area contributed by atoms with E-state index in [1.54, 1.807) is 21.3 Å². The molecule has 0 atom stereocenters. The van der Waals surface area contributed by atoms with Gasteiger partial charge in [0.15, 0.2) is 11.5 Å². The Labute approximate surface area is 190 Å². The Morgan fingerprint density at radius 3 is 2.44 bits per heavy atom. The smallest absolute Gasteiger partial charge is 0.312 e. The molecule has 0 radical (unpaired) electrons. The van der Waals surface area contributed by atoms with Crippen molar-refractivity contribution in [3.05, 3.63) is 71.2 Å². The Morgan fingerprint density at radius 2 is 1.66 bits per heavy atom. The summed E-state index contributed by atoms with van der Waals surface area (Å²) >= 11 is 1.47. The number of benzene rings is 3. The Bertz CT molecular complexity index is 1250. The van der Waals surface area contributed by atoms with E-state index in [1.165, 1.54) is 11.3 Å². The second-order valence-corrected chi connectivity index (χ2v) is 7.96. The summed E-state index contributed by atoms with van der Waals surface area (Å²) in [6.07, 6.45) is 0.120. The molecule has 0 bridgehead atoms. The van der Waals surface area contributed by atoms with Gasteiger partial charge in [-0.1, -0.05) is 18.2 Å².